The Hall–Kier alpha value is -0.770. The Morgan fingerprint density at radius 3 is 2.17 bits per heavy atom. The molecule has 0 aromatic carbocycles. The van der Waals surface area contributed by atoms with E-state index in [1.165, 1.54) is 32.1 Å². The average molecular weight is 165 g/mol. The molecule has 0 aliphatic carbocycles. The van der Waals surface area contributed by atoms with Crippen LogP contribution in [0.25, 0.3) is 4.85 Å². The third-order valence-electron chi connectivity index (χ3n) is 1.93. The Morgan fingerprint density at radius 2 is 1.58 bits per heavy atom. The van der Waals surface area contributed by atoms with Gasteiger partial charge in [0.25, 0.3) is 0 Å². The molecule has 0 aliphatic rings. The molecule has 0 radical (unpaired) electrons. The molecule has 0 aromatic heterocycles. The van der Waals surface area contributed by atoms with Gasteiger partial charge in [0.1, 0.15) is 0 Å². The zero-order valence-electron chi connectivity index (χ0n) is 7.89. The number of allylic oxidation sites excluding steroid dienone is 1. The average Bonchev–Trinajstić information content (AvgIpc) is 2.10. The standard InChI is InChI=1S/C11H19N/c1-3-4-5-6-7-8-9-10-11-12-2/h3H,1,4-11H2. The van der Waals surface area contributed by atoms with Crippen molar-refractivity contribution in [1.29, 1.82) is 0 Å². The minimum atomic E-state index is 0.715. The zero-order chi connectivity index (χ0) is 9.07. The lowest BCUT2D eigenvalue weighted by Gasteiger charge is -1.96. The van der Waals surface area contributed by atoms with Crippen molar-refractivity contribution in [3.8, 4) is 0 Å². The van der Waals surface area contributed by atoms with E-state index in [-0.39, 0.29) is 0 Å². The van der Waals surface area contributed by atoms with Gasteiger partial charge in [-0.15, -0.1) is 6.58 Å². The fourth-order valence-corrected chi connectivity index (χ4v) is 1.19. The molecule has 0 aromatic rings. The van der Waals surface area contributed by atoms with Gasteiger partial charge in [-0.05, 0) is 19.3 Å². The summed E-state index contributed by atoms with van der Waals surface area (Å²) >= 11 is 0. The Kier molecular flexibility index (Phi) is 9.57. The lowest BCUT2D eigenvalue weighted by Crippen LogP contribution is -1.81. The van der Waals surface area contributed by atoms with Crippen molar-refractivity contribution < 1.29 is 0 Å². The maximum absolute atomic E-state index is 6.59. The highest BCUT2D eigenvalue weighted by Gasteiger charge is 1.91. The summed E-state index contributed by atoms with van der Waals surface area (Å²) in [6, 6.07) is 0. The van der Waals surface area contributed by atoms with Crippen LogP contribution in [-0.2, 0) is 0 Å². The van der Waals surface area contributed by atoms with Gasteiger partial charge in [0, 0.05) is 6.42 Å². The molecular weight excluding hydrogens is 146 g/mol. The molecule has 0 saturated heterocycles. The molecule has 0 fully saturated rings. The van der Waals surface area contributed by atoms with Gasteiger partial charge in [0.2, 0.25) is 6.54 Å². The summed E-state index contributed by atoms with van der Waals surface area (Å²) in [5.41, 5.74) is 0. The summed E-state index contributed by atoms with van der Waals surface area (Å²) in [6.07, 6.45) is 10.7. The maximum atomic E-state index is 6.59. The first-order chi connectivity index (χ1) is 5.91. The predicted molar refractivity (Wildman–Crippen MR) is 54.0 cm³/mol. The highest BCUT2D eigenvalue weighted by molar-refractivity contribution is 4.65. The molecule has 0 bridgehead atoms. The van der Waals surface area contributed by atoms with Gasteiger partial charge in [-0.1, -0.05) is 25.3 Å². The fourth-order valence-electron chi connectivity index (χ4n) is 1.19. The van der Waals surface area contributed by atoms with Crippen LogP contribution in [0.3, 0.4) is 0 Å². The first kappa shape index (κ1) is 11.2. The first-order valence-corrected chi connectivity index (χ1v) is 4.86. The Bertz CT molecular complexity index is 132. The van der Waals surface area contributed by atoms with Crippen LogP contribution >= 0.6 is 0 Å². The molecule has 0 amide bonds. The minimum absolute atomic E-state index is 0.715. The molecule has 68 valence electrons. The van der Waals surface area contributed by atoms with Gasteiger partial charge >= 0.3 is 0 Å². The highest BCUT2D eigenvalue weighted by atomic mass is 14.6. The van der Waals surface area contributed by atoms with E-state index in [4.69, 9.17) is 6.57 Å². The molecule has 0 N–H and O–H groups in total. The molecule has 0 heterocycles. The second-order valence-corrected chi connectivity index (χ2v) is 3.08. The normalized spacial score (nSPS) is 9.25. The van der Waals surface area contributed by atoms with E-state index in [0.29, 0.717) is 6.54 Å². The molecule has 0 spiro atoms. The highest BCUT2D eigenvalue weighted by Crippen LogP contribution is 2.07. The number of hydrogen-bond acceptors (Lipinski definition) is 0. The van der Waals surface area contributed by atoms with E-state index in [0.717, 1.165) is 12.8 Å². The van der Waals surface area contributed by atoms with Crippen molar-refractivity contribution in [2.45, 2.75) is 44.9 Å². The lowest BCUT2D eigenvalue weighted by atomic mass is 10.1. The zero-order valence-corrected chi connectivity index (χ0v) is 7.89. The second-order valence-electron chi connectivity index (χ2n) is 3.08. The third-order valence-corrected chi connectivity index (χ3v) is 1.93. The molecule has 12 heavy (non-hydrogen) atoms. The lowest BCUT2D eigenvalue weighted by molar-refractivity contribution is 0.608. The van der Waals surface area contributed by atoms with Crippen LogP contribution in [0.15, 0.2) is 12.7 Å². The summed E-state index contributed by atoms with van der Waals surface area (Å²) in [5, 5.41) is 0. The molecule has 0 rings (SSSR count). The van der Waals surface area contributed by atoms with Crippen molar-refractivity contribution in [1.82, 2.24) is 0 Å². The summed E-state index contributed by atoms with van der Waals surface area (Å²) in [5.74, 6) is 0. The fraction of sp³-hybridized carbons (Fsp3) is 0.727. The van der Waals surface area contributed by atoms with Crippen molar-refractivity contribution in [2.75, 3.05) is 6.54 Å². The molecule has 0 unspecified atom stereocenters. The topological polar surface area (TPSA) is 4.36 Å². The van der Waals surface area contributed by atoms with E-state index in [2.05, 4.69) is 11.4 Å². The maximum Gasteiger partial charge on any atom is 0.214 e. The predicted octanol–water partition coefficient (Wildman–Crippen LogP) is 3.82. The van der Waals surface area contributed by atoms with Gasteiger partial charge in [0.05, 0.1) is 0 Å². The molecule has 1 heteroatoms. The van der Waals surface area contributed by atoms with E-state index in [9.17, 15) is 0 Å². The summed E-state index contributed by atoms with van der Waals surface area (Å²) < 4.78 is 0. The van der Waals surface area contributed by atoms with Crippen molar-refractivity contribution in [3.63, 3.8) is 0 Å². The second kappa shape index (κ2) is 10.2. The number of rotatable bonds is 8. The molecular formula is C11H19N. The van der Waals surface area contributed by atoms with Crippen LogP contribution in [0.2, 0.25) is 0 Å². The van der Waals surface area contributed by atoms with Gasteiger partial charge < -0.3 is 4.85 Å². The Labute approximate surface area is 76.3 Å². The van der Waals surface area contributed by atoms with E-state index in [1.54, 1.807) is 0 Å². The number of hydrogen-bond donors (Lipinski definition) is 0. The van der Waals surface area contributed by atoms with Crippen molar-refractivity contribution in [2.24, 2.45) is 0 Å². The van der Waals surface area contributed by atoms with Crippen LogP contribution in [-0.4, -0.2) is 6.54 Å². The van der Waals surface area contributed by atoms with Crippen molar-refractivity contribution >= 4 is 0 Å². The SMILES string of the molecule is [C-]#[N+]CCCCCCCCC=C. The van der Waals surface area contributed by atoms with Crippen LogP contribution < -0.4 is 0 Å². The smallest absolute Gasteiger partial charge is 0.214 e. The van der Waals surface area contributed by atoms with Crippen LogP contribution in [0.5, 0.6) is 0 Å². The Balaban J connectivity index is 2.82. The molecule has 0 atom stereocenters. The summed E-state index contributed by atoms with van der Waals surface area (Å²) in [4.78, 5) is 3.32. The van der Waals surface area contributed by atoms with Crippen LogP contribution in [0, 0.1) is 6.57 Å². The number of unbranched alkanes of at least 4 members (excludes halogenated alkanes) is 6. The van der Waals surface area contributed by atoms with E-state index < -0.39 is 0 Å². The molecule has 0 saturated carbocycles. The van der Waals surface area contributed by atoms with Crippen LogP contribution in [0.4, 0.5) is 0 Å². The summed E-state index contributed by atoms with van der Waals surface area (Å²) in [6.45, 7) is 11.0. The van der Waals surface area contributed by atoms with Gasteiger partial charge in [-0.2, -0.15) is 0 Å². The third kappa shape index (κ3) is 9.23. The monoisotopic (exact) mass is 165 g/mol. The van der Waals surface area contributed by atoms with Gasteiger partial charge in [0.15, 0.2) is 0 Å². The van der Waals surface area contributed by atoms with E-state index >= 15 is 0 Å². The van der Waals surface area contributed by atoms with Gasteiger partial charge in [-0.3, -0.25) is 0 Å². The van der Waals surface area contributed by atoms with Crippen LogP contribution in [0.1, 0.15) is 44.9 Å². The Morgan fingerprint density at radius 1 is 1.00 bits per heavy atom. The minimum Gasteiger partial charge on any atom is -0.317 e. The summed E-state index contributed by atoms with van der Waals surface area (Å²) in [7, 11) is 0. The van der Waals surface area contributed by atoms with E-state index in [1.807, 2.05) is 6.08 Å². The van der Waals surface area contributed by atoms with Crippen molar-refractivity contribution in [3.05, 3.63) is 24.1 Å². The molecule has 0 aliphatic heterocycles. The largest absolute Gasteiger partial charge is 0.317 e. The first-order valence-electron chi connectivity index (χ1n) is 4.86. The van der Waals surface area contributed by atoms with Gasteiger partial charge in [-0.25, -0.2) is 6.57 Å². The molecule has 1 nitrogen and oxygen atoms in total. The quantitative estimate of drug-likeness (QED) is 0.292. The number of nitrogens with zero attached hydrogens (tertiary/aromatic N) is 1.